The lowest BCUT2D eigenvalue weighted by molar-refractivity contribution is -0.133. The summed E-state index contributed by atoms with van der Waals surface area (Å²) < 4.78 is 0. The highest BCUT2D eigenvalue weighted by Gasteiger charge is 2.58. The van der Waals surface area contributed by atoms with Gasteiger partial charge in [0.1, 0.15) is 5.82 Å². The molecule has 3 fully saturated rings. The highest BCUT2D eigenvalue weighted by Crippen LogP contribution is 2.59. The van der Waals surface area contributed by atoms with E-state index in [0.717, 1.165) is 75.7 Å². The first kappa shape index (κ1) is 17.6. The first-order chi connectivity index (χ1) is 13.8. The van der Waals surface area contributed by atoms with Crippen LogP contribution in [0.3, 0.4) is 0 Å². The SMILES string of the molecule is O=C(C1CC12CCNCC2)N1CCN(c2ccnc(-c3ccccc3)n2)CC1. The Morgan fingerprint density at radius 2 is 1.79 bits per heavy atom. The molecule has 1 atom stereocenters. The van der Waals surface area contributed by atoms with E-state index >= 15 is 0 Å². The molecule has 1 aliphatic carbocycles. The topological polar surface area (TPSA) is 61.4 Å². The van der Waals surface area contributed by atoms with Crippen molar-refractivity contribution in [3.63, 3.8) is 0 Å². The van der Waals surface area contributed by atoms with Gasteiger partial charge in [-0.2, -0.15) is 0 Å². The molecule has 6 heteroatoms. The fourth-order valence-corrected chi connectivity index (χ4v) is 4.80. The minimum atomic E-state index is 0.268. The van der Waals surface area contributed by atoms with Gasteiger partial charge in [-0.25, -0.2) is 9.97 Å². The molecule has 1 amide bonds. The van der Waals surface area contributed by atoms with Crippen molar-refractivity contribution in [3.05, 3.63) is 42.6 Å². The molecule has 2 aromatic rings. The van der Waals surface area contributed by atoms with Gasteiger partial charge in [0, 0.05) is 43.9 Å². The number of piperazine rings is 1. The van der Waals surface area contributed by atoms with Crippen LogP contribution in [0.5, 0.6) is 0 Å². The van der Waals surface area contributed by atoms with E-state index in [2.05, 4.69) is 20.1 Å². The summed E-state index contributed by atoms with van der Waals surface area (Å²) in [6, 6.07) is 12.0. The Morgan fingerprint density at radius 1 is 1.04 bits per heavy atom. The average molecular weight is 377 g/mol. The molecule has 1 aromatic heterocycles. The Hall–Kier alpha value is -2.47. The van der Waals surface area contributed by atoms with Crippen LogP contribution >= 0.6 is 0 Å². The van der Waals surface area contributed by atoms with Crippen molar-refractivity contribution in [2.24, 2.45) is 11.3 Å². The predicted octanol–water partition coefficient (Wildman–Crippen LogP) is 2.18. The van der Waals surface area contributed by atoms with Crippen LogP contribution in [0, 0.1) is 11.3 Å². The quantitative estimate of drug-likeness (QED) is 0.888. The number of hydrogen-bond acceptors (Lipinski definition) is 5. The number of nitrogens with zero attached hydrogens (tertiary/aromatic N) is 4. The summed E-state index contributed by atoms with van der Waals surface area (Å²) in [6.45, 7) is 5.36. The highest BCUT2D eigenvalue weighted by molar-refractivity contribution is 5.83. The van der Waals surface area contributed by atoms with Crippen molar-refractivity contribution in [2.45, 2.75) is 19.3 Å². The Kier molecular flexibility index (Phi) is 4.51. The summed E-state index contributed by atoms with van der Waals surface area (Å²) in [7, 11) is 0. The molecule has 3 aliphatic rings. The summed E-state index contributed by atoms with van der Waals surface area (Å²) >= 11 is 0. The largest absolute Gasteiger partial charge is 0.353 e. The zero-order valence-electron chi connectivity index (χ0n) is 16.2. The molecule has 1 N–H and O–H groups in total. The van der Waals surface area contributed by atoms with Crippen molar-refractivity contribution in [2.75, 3.05) is 44.2 Å². The van der Waals surface area contributed by atoms with Gasteiger partial charge in [-0.3, -0.25) is 4.79 Å². The molecular formula is C22H27N5O. The van der Waals surface area contributed by atoms with E-state index in [0.29, 0.717) is 11.3 Å². The van der Waals surface area contributed by atoms with Crippen LogP contribution in [0.2, 0.25) is 0 Å². The van der Waals surface area contributed by atoms with Crippen molar-refractivity contribution < 1.29 is 4.79 Å². The minimum absolute atomic E-state index is 0.268. The third-order valence-corrected chi connectivity index (χ3v) is 6.68. The molecular weight excluding hydrogens is 350 g/mol. The lowest BCUT2D eigenvalue weighted by atomic mass is 9.91. The second-order valence-electron chi connectivity index (χ2n) is 8.29. The molecule has 1 unspecified atom stereocenters. The molecule has 1 saturated carbocycles. The van der Waals surface area contributed by atoms with Gasteiger partial charge in [-0.05, 0) is 43.8 Å². The Labute approximate surface area is 166 Å². The number of rotatable bonds is 3. The van der Waals surface area contributed by atoms with Crippen LogP contribution in [-0.4, -0.2) is 60.0 Å². The van der Waals surface area contributed by atoms with E-state index in [-0.39, 0.29) is 5.92 Å². The molecule has 28 heavy (non-hydrogen) atoms. The van der Waals surface area contributed by atoms with Crippen LogP contribution < -0.4 is 10.2 Å². The van der Waals surface area contributed by atoms with Gasteiger partial charge >= 0.3 is 0 Å². The summed E-state index contributed by atoms with van der Waals surface area (Å²) in [4.78, 5) is 26.5. The summed E-state index contributed by atoms with van der Waals surface area (Å²) in [5.74, 6) is 2.35. The number of aromatic nitrogens is 2. The maximum atomic E-state index is 13.0. The molecule has 6 nitrogen and oxygen atoms in total. The average Bonchev–Trinajstić information content (AvgIpc) is 3.47. The second-order valence-corrected chi connectivity index (χ2v) is 8.29. The number of anilines is 1. The fraction of sp³-hybridized carbons (Fsp3) is 0.500. The Morgan fingerprint density at radius 3 is 2.54 bits per heavy atom. The molecule has 0 bridgehead atoms. The van der Waals surface area contributed by atoms with E-state index < -0.39 is 0 Å². The number of nitrogens with one attached hydrogen (secondary N) is 1. The van der Waals surface area contributed by atoms with Crippen molar-refractivity contribution in [3.8, 4) is 11.4 Å². The molecule has 1 aromatic carbocycles. The van der Waals surface area contributed by atoms with Gasteiger partial charge in [0.15, 0.2) is 5.82 Å². The number of carbonyl (C=O) groups is 1. The van der Waals surface area contributed by atoms with Crippen LogP contribution in [0.25, 0.3) is 11.4 Å². The van der Waals surface area contributed by atoms with E-state index in [4.69, 9.17) is 4.98 Å². The number of amides is 1. The fourth-order valence-electron chi connectivity index (χ4n) is 4.80. The van der Waals surface area contributed by atoms with E-state index in [1.165, 1.54) is 0 Å². The number of hydrogen-bond donors (Lipinski definition) is 1. The van der Waals surface area contributed by atoms with Gasteiger partial charge in [-0.15, -0.1) is 0 Å². The predicted molar refractivity (Wildman–Crippen MR) is 109 cm³/mol. The third-order valence-electron chi connectivity index (χ3n) is 6.68. The van der Waals surface area contributed by atoms with Gasteiger partial charge in [0.2, 0.25) is 5.91 Å². The molecule has 5 rings (SSSR count). The summed E-state index contributed by atoms with van der Waals surface area (Å²) in [6.07, 6.45) is 5.24. The standard InChI is InChI=1S/C22H27N5O/c28-21(18-16-22(18)7-10-23-11-8-22)27-14-12-26(13-15-27)19-6-9-24-20(25-19)17-4-2-1-3-5-17/h1-6,9,18,23H,7-8,10-16H2. The van der Waals surface area contributed by atoms with E-state index in [9.17, 15) is 4.79 Å². The monoisotopic (exact) mass is 377 g/mol. The maximum absolute atomic E-state index is 13.0. The second kappa shape index (κ2) is 7.17. The zero-order chi connectivity index (χ0) is 19.0. The van der Waals surface area contributed by atoms with Crippen molar-refractivity contribution >= 4 is 11.7 Å². The smallest absolute Gasteiger partial charge is 0.226 e. The first-order valence-electron chi connectivity index (χ1n) is 10.4. The van der Waals surface area contributed by atoms with E-state index in [1.807, 2.05) is 42.6 Å². The van der Waals surface area contributed by atoms with Gasteiger partial charge in [0.25, 0.3) is 0 Å². The Bertz CT molecular complexity index is 841. The molecule has 146 valence electrons. The minimum Gasteiger partial charge on any atom is -0.353 e. The molecule has 1 spiro atoms. The van der Waals surface area contributed by atoms with Gasteiger partial charge in [-0.1, -0.05) is 30.3 Å². The van der Waals surface area contributed by atoms with Crippen molar-refractivity contribution in [1.29, 1.82) is 0 Å². The maximum Gasteiger partial charge on any atom is 0.226 e. The van der Waals surface area contributed by atoms with Crippen LogP contribution in [0.1, 0.15) is 19.3 Å². The molecule has 2 aliphatic heterocycles. The lowest BCUT2D eigenvalue weighted by Crippen LogP contribution is -2.50. The van der Waals surface area contributed by atoms with Gasteiger partial charge in [0.05, 0.1) is 0 Å². The van der Waals surface area contributed by atoms with Crippen LogP contribution in [0.4, 0.5) is 5.82 Å². The zero-order valence-corrected chi connectivity index (χ0v) is 16.2. The van der Waals surface area contributed by atoms with Crippen LogP contribution in [-0.2, 0) is 4.79 Å². The number of benzene rings is 1. The number of carbonyl (C=O) groups excluding carboxylic acids is 1. The molecule has 2 saturated heterocycles. The Balaban J connectivity index is 1.21. The molecule has 0 radical (unpaired) electrons. The van der Waals surface area contributed by atoms with Gasteiger partial charge < -0.3 is 15.1 Å². The molecule has 3 heterocycles. The van der Waals surface area contributed by atoms with Crippen LogP contribution in [0.15, 0.2) is 42.6 Å². The number of piperidine rings is 1. The normalized spacial score (nSPS) is 23.6. The highest BCUT2D eigenvalue weighted by atomic mass is 16.2. The lowest BCUT2D eigenvalue weighted by Gasteiger charge is -2.36. The van der Waals surface area contributed by atoms with E-state index in [1.54, 1.807) is 0 Å². The van der Waals surface area contributed by atoms with Crippen molar-refractivity contribution in [1.82, 2.24) is 20.2 Å². The first-order valence-corrected chi connectivity index (χ1v) is 10.4. The summed E-state index contributed by atoms with van der Waals surface area (Å²) in [5.41, 5.74) is 1.34. The summed E-state index contributed by atoms with van der Waals surface area (Å²) in [5, 5.41) is 3.42. The third kappa shape index (κ3) is 3.26.